The lowest BCUT2D eigenvalue weighted by Crippen LogP contribution is -2.48. The quantitative estimate of drug-likeness (QED) is 0.746. The summed E-state index contributed by atoms with van der Waals surface area (Å²) in [5, 5.41) is 2.67. The fourth-order valence-electron chi connectivity index (χ4n) is 1.63. The van der Waals surface area contributed by atoms with E-state index in [0.29, 0.717) is 0 Å². The lowest BCUT2D eigenvalue weighted by Gasteiger charge is -2.25. The second-order valence-electron chi connectivity index (χ2n) is 3.97. The van der Waals surface area contributed by atoms with E-state index in [2.05, 4.69) is 10.0 Å². The number of halogens is 1. The average Bonchev–Trinajstić information content (AvgIpc) is 2.19. The smallest absolute Gasteiger partial charge is 0.216 e. The maximum Gasteiger partial charge on any atom is 0.216 e. The summed E-state index contributed by atoms with van der Waals surface area (Å²) in [6.45, 7) is 3.59. The Hall–Kier alpha value is 0.120. The number of nitrogens with one attached hydrogen (secondary N) is 2. The van der Waals surface area contributed by atoms with Gasteiger partial charge in [-0.15, -0.1) is 12.4 Å². The molecule has 0 aromatic rings. The van der Waals surface area contributed by atoms with E-state index in [4.69, 9.17) is 4.74 Å². The van der Waals surface area contributed by atoms with Gasteiger partial charge in [-0.05, 0) is 26.3 Å². The molecule has 2 N–H and O–H groups in total. The van der Waals surface area contributed by atoms with Crippen molar-refractivity contribution in [1.29, 1.82) is 0 Å². The third kappa shape index (κ3) is 4.97. The molecule has 7 heteroatoms. The maximum absolute atomic E-state index is 11.8. The van der Waals surface area contributed by atoms with Gasteiger partial charge < -0.3 is 10.1 Å². The summed E-state index contributed by atoms with van der Waals surface area (Å²) in [6.07, 6.45) is 1.93. The number of hydrogen-bond acceptors (Lipinski definition) is 4. The standard InChI is InChI=1S/C9H20N2O3S.ClH/c1-8(7-14-2)15(12,13)11-9-4-3-5-10-6-9;/h8-11H,3-7H2,1-2H3;1H/t8?,9-;/m1./s1. The fraction of sp³-hybridized carbons (Fsp3) is 1.00. The van der Waals surface area contributed by atoms with Gasteiger partial charge in [-0.3, -0.25) is 0 Å². The van der Waals surface area contributed by atoms with Crippen LogP contribution >= 0.6 is 12.4 Å². The summed E-state index contributed by atoms with van der Waals surface area (Å²) in [4.78, 5) is 0. The van der Waals surface area contributed by atoms with Crippen LogP contribution in [0.15, 0.2) is 0 Å². The zero-order valence-corrected chi connectivity index (χ0v) is 11.4. The van der Waals surface area contributed by atoms with Crippen LogP contribution in [0.2, 0.25) is 0 Å². The van der Waals surface area contributed by atoms with Crippen LogP contribution < -0.4 is 10.0 Å². The van der Waals surface area contributed by atoms with Crippen molar-refractivity contribution in [2.45, 2.75) is 31.1 Å². The van der Waals surface area contributed by atoms with Crippen LogP contribution in [0.3, 0.4) is 0 Å². The van der Waals surface area contributed by atoms with Crippen molar-refractivity contribution in [1.82, 2.24) is 10.0 Å². The van der Waals surface area contributed by atoms with Crippen molar-refractivity contribution in [3.63, 3.8) is 0 Å². The van der Waals surface area contributed by atoms with E-state index >= 15 is 0 Å². The van der Waals surface area contributed by atoms with Crippen molar-refractivity contribution in [3.8, 4) is 0 Å². The van der Waals surface area contributed by atoms with Gasteiger partial charge in [-0.2, -0.15) is 0 Å². The molecule has 0 saturated carbocycles. The molecule has 1 aliphatic heterocycles. The predicted octanol–water partition coefficient (Wildman–Crippen LogP) is 0.115. The van der Waals surface area contributed by atoms with Gasteiger partial charge in [-0.1, -0.05) is 0 Å². The summed E-state index contributed by atoms with van der Waals surface area (Å²) in [6, 6.07) is 0.0306. The van der Waals surface area contributed by atoms with Crippen LogP contribution in [-0.4, -0.2) is 46.5 Å². The molecular weight excluding hydrogens is 252 g/mol. The van der Waals surface area contributed by atoms with Crippen molar-refractivity contribution in [2.75, 3.05) is 26.8 Å². The molecule has 16 heavy (non-hydrogen) atoms. The first kappa shape index (κ1) is 16.1. The number of rotatable bonds is 5. The topological polar surface area (TPSA) is 67.4 Å². The van der Waals surface area contributed by atoms with Crippen LogP contribution in [0.5, 0.6) is 0 Å². The van der Waals surface area contributed by atoms with E-state index in [-0.39, 0.29) is 25.1 Å². The van der Waals surface area contributed by atoms with Gasteiger partial charge in [0.2, 0.25) is 10.0 Å². The van der Waals surface area contributed by atoms with Crippen LogP contribution in [0.25, 0.3) is 0 Å². The maximum atomic E-state index is 11.8. The number of ether oxygens (including phenoxy) is 1. The fourth-order valence-corrected chi connectivity index (χ4v) is 2.84. The molecule has 1 unspecified atom stereocenters. The molecule has 2 atom stereocenters. The highest BCUT2D eigenvalue weighted by Crippen LogP contribution is 2.06. The van der Waals surface area contributed by atoms with Gasteiger partial charge in [0.1, 0.15) is 0 Å². The summed E-state index contributed by atoms with van der Waals surface area (Å²) < 4.78 is 31.1. The number of hydrogen-bond donors (Lipinski definition) is 2. The molecule has 0 aromatic heterocycles. The highest BCUT2D eigenvalue weighted by atomic mass is 35.5. The van der Waals surface area contributed by atoms with Gasteiger partial charge in [0.15, 0.2) is 0 Å². The summed E-state index contributed by atoms with van der Waals surface area (Å²) in [5.74, 6) is 0. The molecule has 0 aromatic carbocycles. The van der Waals surface area contributed by atoms with Crippen molar-refractivity contribution in [2.24, 2.45) is 0 Å². The zero-order chi connectivity index (χ0) is 11.3. The molecule has 1 aliphatic rings. The van der Waals surface area contributed by atoms with E-state index in [9.17, 15) is 8.42 Å². The Morgan fingerprint density at radius 1 is 1.56 bits per heavy atom. The first-order valence-corrected chi connectivity index (χ1v) is 6.81. The van der Waals surface area contributed by atoms with Gasteiger partial charge in [0, 0.05) is 19.7 Å². The highest BCUT2D eigenvalue weighted by Gasteiger charge is 2.25. The van der Waals surface area contributed by atoms with Crippen LogP contribution in [0, 0.1) is 0 Å². The SMILES string of the molecule is COCC(C)S(=O)(=O)N[C@@H]1CCCNC1.Cl. The Bertz CT molecular complexity index is 278. The van der Waals surface area contributed by atoms with E-state index < -0.39 is 15.3 Å². The zero-order valence-electron chi connectivity index (χ0n) is 9.73. The Balaban J connectivity index is 0.00000225. The second kappa shape index (κ2) is 7.45. The minimum atomic E-state index is -3.24. The second-order valence-corrected chi connectivity index (χ2v) is 6.10. The van der Waals surface area contributed by atoms with Gasteiger partial charge in [-0.25, -0.2) is 13.1 Å². The molecule has 0 bridgehead atoms. The van der Waals surface area contributed by atoms with E-state index in [1.165, 1.54) is 7.11 Å². The molecule has 1 rings (SSSR count). The van der Waals surface area contributed by atoms with Crippen molar-refractivity contribution >= 4 is 22.4 Å². The minimum absolute atomic E-state index is 0. The first-order valence-electron chi connectivity index (χ1n) is 5.27. The Labute approximate surface area is 104 Å². The Kier molecular flexibility index (Phi) is 7.50. The molecule has 1 fully saturated rings. The van der Waals surface area contributed by atoms with Gasteiger partial charge in [0.25, 0.3) is 0 Å². The van der Waals surface area contributed by atoms with E-state index in [1.54, 1.807) is 6.92 Å². The molecule has 0 radical (unpaired) electrons. The molecule has 0 aliphatic carbocycles. The molecule has 1 heterocycles. The van der Waals surface area contributed by atoms with Gasteiger partial charge >= 0.3 is 0 Å². The lowest BCUT2D eigenvalue weighted by molar-refractivity contribution is 0.200. The molecule has 98 valence electrons. The third-order valence-corrected chi connectivity index (χ3v) is 4.42. The Morgan fingerprint density at radius 3 is 2.75 bits per heavy atom. The van der Waals surface area contributed by atoms with Crippen molar-refractivity contribution in [3.05, 3.63) is 0 Å². The summed E-state index contributed by atoms with van der Waals surface area (Å²) >= 11 is 0. The lowest BCUT2D eigenvalue weighted by atomic mass is 10.1. The predicted molar refractivity (Wildman–Crippen MR) is 66.5 cm³/mol. The van der Waals surface area contributed by atoms with Crippen LogP contribution in [0.1, 0.15) is 19.8 Å². The molecule has 0 spiro atoms. The molecule has 5 nitrogen and oxygen atoms in total. The first-order chi connectivity index (χ1) is 7.06. The summed E-state index contributed by atoms with van der Waals surface area (Å²) in [5.41, 5.74) is 0. The van der Waals surface area contributed by atoms with Gasteiger partial charge in [0.05, 0.1) is 11.9 Å². The Morgan fingerprint density at radius 2 is 2.25 bits per heavy atom. The van der Waals surface area contributed by atoms with Crippen molar-refractivity contribution < 1.29 is 13.2 Å². The number of sulfonamides is 1. The molecule has 0 amide bonds. The van der Waals surface area contributed by atoms with Crippen LogP contribution in [-0.2, 0) is 14.8 Å². The number of methoxy groups -OCH3 is 1. The molecular formula is C9H21ClN2O3S. The summed E-state index contributed by atoms with van der Waals surface area (Å²) in [7, 11) is -1.73. The third-order valence-electron chi connectivity index (χ3n) is 2.56. The minimum Gasteiger partial charge on any atom is -0.383 e. The van der Waals surface area contributed by atoms with E-state index in [0.717, 1.165) is 25.9 Å². The largest absolute Gasteiger partial charge is 0.383 e. The monoisotopic (exact) mass is 272 g/mol. The number of piperidine rings is 1. The average molecular weight is 273 g/mol. The normalized spacial score (nSPS) is 23.5. The van der Waals surface area contributed by atoms with E-state index in [1.807, 2.05) is 0 Å². The molecule has 1 saturated heterocycles. The highest BCUT2D eigenvalue weighted by molar-refractivity contribution is 7.90. The van der Waals surface area contributed by atoms with Crippen LogP contribution in [0.4, 0.5) is 0 Å².